The first-order chi connectivity index (χ1) is 8.76. The zero-order chi connectivity index (χ0) is 14.6. The van der Waals surface area contributed by atoms with Gasteiger partial charge in [-0.05, 0) is 18.2 Å². The van der Waals surface area contributed by atoms with E-state index in [0.717, 1.165) is 26.4 Å². The molecule has 0 saturated heterocycles. The first-order valence-corrected chi connectivity index (χ1v) is 6.28. The summed E-state index contributed by atoms with van der Waals surface area (Å²) >= 11 is 0. The Balaban J connectivity index is 3.31. The Kier molecular flexibility index (Phi) is 4.46. The van der Waals surface area contributed by atoms with Gasteiger partial charge in [-0.2, -0.15) is 13.6 Å². The van der Waals surface area contributed by atoms with Gasteiger partial charge in [-0.3, -0.25) is 0 Å². The standard InChI is InChI=1S/C10H11NO7S/c1-16-9(12)6-3-7(10(13)17-2)5-8(4-6)18-19(11,14)15/h3-5H,1-2H3,(H2,11,14,15). The lowest BCUT2D eigenvalue weighted by Crippen LogP contribution is -2.19. The normalized spacial score (nSPS) is 10.7. The predicted octanol–water partition coefficient (Wildman–Crippen LogP) is -0.158. The van der Waals surface area contributed by atoms with E-state index in [4.69, 9.17) is 5.14 Å². The number of carbonyl (C=O) groups is 2. The third-order valence-corrected chi connectivity index (χ3v) is 2.39. The maximum Gasteiger partial charge on any atom is 0.380 e. The van der Waals surface area contributed by atoms with E-state index >= 15 is 0 Å². The molecule has 9 heteroatoms. The van der Waals surface area contributed by atoms with Crippen molar-refractivity contribution >= 4 is 22.2 Å². The third kappa shape index (κ3) is 4.23. The average Bonchev–Trinajstić information content (AvgIpc) is 2.34. The molecular weight excluding hydrogens is 278 g/mol. The fourth-order valence-electron chi connectivity index (χ4n) is 1.25. The number of ether oxygens (including phenoxy) is 2. The fourth-order valence-corrected chi connectivity index (χ4v) is 1.62. The number of methoxy groups -OCH3 is 2. The number of rotatable bonds is 4. The van der Waals surface area contributed by atoms with Gasteiger partial charge in [0.2, 0.25) is 0 Å². The highest BCUT2D eigenvalue weighted by atomic mass is 32.2. The zero-order valence-corrected chi connectivity index (χ0v) is 10.9. The molecule has 1 aromatic rings. The maximum absolute atomic E-state index is 11.4. The molecule has 2 N–H and O–H groups in total. The Morgan fingerprint density at radius 2 is 1.42 bits per heavy atom. The minimum atomic E-state index is -4.28. The van der Waals surface area contributed by atoms with E-state index in [1.165, 1.54) is 6.07 Å². The maximum atomic E-state index is 11.4. The lowest BCUT2D eigenvalue weighted by molar-refractivity contribution is 0.0598. The number of nitrogens with two attached hydrogens (primary N) is 1. The third-order valence-electron chi connectivity index (χ3n) is 1.96. The minimum absolute atomic E-state index is 0.0796. The largest absolute Gasteiger partial charge is 0.465 e. The summed E-state index contributed by atoms with van der Waals surface area (Å²) in [6.45, 7) is 0. The summed E-state index contributed by atoms with van der Waals surface area (Å²) in [4.78, 5) is 22.8. The number of benzene rings is 1. The molecule has 0 heterocycles. The Hall–Kier alpha value is -2.13. The number of carbonyl (C=O) groups excluding carboxylic acids is 2. The van der Waals surface area contributed by atoms with Crippen molar-refractivity contribution in [3.63, 3.8) is 0 Å². The molecule has 19 heavy (non-hydrogen) atoms. The second-order valence-corrected chi connectivity index (χ2v) is 4.46. The Bertz CT molecular complexity index is 574. The van der Waals surface area contributed by atoms with Crippen molar-refractivity contribution in [1.29, 1.82) is 0 Å². The summed E-state index contributed by atoms with van der Waals surface area (Å²) in [6, 6.07) is 3.32. The highest BCUT2D eigenvalue weighted by molar-refractivity contribution is 7.84. The number of esters is 2. The van der Waals surface area contributed by atoms with Crippen LogP contribution in [0, 0.1) is 0 Å². The summed E-state index contributed by atoms with van der Waals surface area (Å²) in [5.74, 6) is -1.85. The zero-order valence-electron chi connectivity index (χ0n) is 10.1. The van der Waals surface area contributed by atoms with Crippen LogP contribution in [0.15, 0.2) is 18.2 Å². The predicted molar refractivity (Wildman–Crippen MR) is 62.9 cm³/mol. The highest BCUT2D eigenvalue weighted by Gasteiger charge is 2.16. The molecule has 8 nitrogen and oxygen atoms in total. The van der Waals surface area contributed by atoms with Gasteiger partial charge in [-0.15, -0.1) is 0 Å². The van der Waals surface area contributed by atoms with Crippen LogP contribution in [0.4, 0.5) is 0 Å². The highest BCUT2D eigenvalue weighted by Crippen LogP contribution is 2.19. The van der Waals surface area contributed by atoms with Crippen molar-refractivity contribution in [1.82, 2.24) is 0 Å². The lowest BCUT2D eigenvalue weighted by Gasteiger charge is -2.07. The number of hydrogen-bond acceptors (Lipinski definition) is 7. The van der Waals surface area contributed by atoms with E-state index in [1.54, 1.807) is 0 Å². The van der Waals surface area contributed by atoms with Crippen LogP contribution in [0.1, 0.15) is 20.7 Å². The molecule has 0 fully saturated rings. The van der Waals surface area contributed by atoms with Crippen molar-refractivity contribution in [3.05, 3.63) is 29.3 Å². The molecule has 0 atom stereocenters. The van der Waals surface area contributed by atoms with Crippen molar-refractivity contribution in [2.75, 3.05) is 14.2 Å². The summed E-state index contributed by atoms with van der Waals surface area (Å²) in [5, 5.41) is 4.70. The summed E-state index contributed by atoms with van der Waals surface area (Å²) in [6.07, 6.45) is 0. The minimum Gasteiger partial charge on any atom is -0.465 e. The van der Waals surface area contributed by atoms with Crippen LogP contribution in [0.2, 0.25) is 0 Å². The molecule has 0 aliphatic rings. The molecule has 0 aliphatic heterocycles. The average molecular weight is 289 g/mol. The van der Waals surface area contributed by atoms with E-state index in [2.05, 4.69) is 13.7 Å². The molecule has 1 aromatic carbocycles. The second kappa shape index (κ2) is 5.67. The van der Waals surface area contributed by atoms with Crippen molar-refractivity contribution in [2.24, 2.45) is 5.14 Å². The van der Waals surface area contributed by atoms with Gasteiger partial charge < -0.3 is 13.7 Å². The molecule has 0 unspecified atom stereocenters. The molecule has 0 spiro atoms. The fraction of sp³-hybridized carbons (Fsp3) is 0.200. The van der Waals surface area contributed by atoms with Crippen molar-refractivity contribution in [3.8, 4) is 5.75 Å². The molecular formula is C10H11NO7S. The Morgan fingerprint density at radius 1 is 1.00 bits per heavy atom. The smallest absolute Gasteiger partial charge is 0.380 e. The molecule has 0 radical (unpaired) electrons. The number of hydrogen-bond donors (Lipinski definition) is 1. The van der Waals surface area contributed by atoms with Crippen LogP contribution in [0.5, 0.6) is 5.75 Å². The first kappa shape index (κ1) is 14.9. The van der Waals surface area contributed by atoms with Gasteiger partial charge in [-0.1, -0.05) is 0 Å². The van der Waals surface area contributed by atoms with Crippen LogP contribution in [-0.2, 0) is 19.8 Å². The molecule has 104 valence electrons. The van der Waals surface area contributed by atoms with Gasteiger partial charge in [0.1, 0.15) is 5.75 Å². The van der Waals surface area contributed by atoms with Crippen LogP contribution in [0.25, 0.3) is 0 Å². The summed E-state index contributed by atoms with van der Waals surface area (Å²) < 4.78 is 35.0. The van der Waals surface area contributed by atoms with Gasteiger partial charge in [0.25, 0.3) is 0 Å². The van der Waals surface area contributed by atoms with Crippen LogP contribution in [0.3, 0.4) is 0 Å². The molecule has 0 amide bonds. The second-order valence-electron chi connectivity index (χ2n) is 3.31. The monoisotopic (exact) mass is 289 g/mol. The summed E-state index contributed by atoms with van der Waals surface area (Å²) in [7, 11) is -2.02. The van der Waals surface area contributed by atoms with Gasteiger partial charge >= 0.3 is 22.2 Å². The van der Waals surface area contributed by atoms with Crippen LogP contribution in [-0.4, -0.2) is 34.6 Å². The van der Waals surface area contributed by atoms with Gasteiger partial charge in [0, 0.05) is 0 Å². The van der Waals surface area contributed by atoms with Gasteiger partial charge in [-0.25, -0.2) is 9.59 Å². The van der Waals surface area contributed by atoms with E-state index in [0.29, 0.717) is 0 Å². The van der Waals surface area contributed by atoms with E-state index in [1.807, 2.05) is 0 Å². The van der Waals surface area contributed by atoms with E-state index in [9.17, 15) is 18.0 Å². The topological polar surface area (TPSA) is 122 Å². The molecule has 1 rings (SSSR count). The van der Waals surface area contributed by atoms with E-state index < -0.39 is 22.2 Å². The lowest BCUT2D eigenvalue weighted by atomic mass is 10.1. The van der Waals surface area contributed by atoms with Crippen LogP contribution >= 0.6 is 0 Å². The summed E-state index contributed by atoms with van der Waals surface area (Å²) in [5.41, 5.74) is -0.159. The van der Waals surface area contributed by atoms with Crippen LogP contribution < -0.4 is 9.32 Å². The molecule has 0 aliphatic carbocycles. The molecule has 0 aromatic heterocycles. The molecule has 0 saturated carbocycles. The first-order valence-electron chi connectivity index (χ1n) is 4.80. The quantitative estimate of drug-likeness (QED) is 0.764. The van der Waals surface area contributed by atoms with Gasteiger partial charge in [0.15, 0.2) is 0 Å². The van der Waals surface area contributed by atoms with Crippen molar-refractivity contribution < 1.29 is 31.7 Å². The van der Waals surface area contributed by atoms with Crippen molar-refractivity contribution in [2.45, 2.75) is 0 Å². The Morgan fingerprint density at radius 3 is 1.74 bits per heavy atom. The Labute approximate surface area is 109 Å². The SMILES string of the molecule is COC(=O)c1cc(OS(N)(=O)=O)cc(C(=O)OC)c1. The molecule has 0 bridgehead atoms. The van der Waals surface area contributed by atoms with Gasteiger partial charge in [0.05, 0.1) is 25.3 Å². The van der Waals surface area contributed by atoms with E-state index in [-0.39, 0.29) is 16.9 Å².